The Bertz CT molecular complexity index is 307. The summed E-state index contributed by atoms with van der Waals surface area (Å²) in [6.07, 6.45) is 5.32. The number of piperidine rings is 1. The van der Waals surface area contributed by atoms with Crippen LogP contribution in [0.2, 0.25) is 0 Å². The molecule has 3 unspecified atom stereocenters. The first-order chi connectivity index (χ1) is 8.55. The Balaban J connectivity index is 1.88. The fourth-order valence-electron chi connectivity index (χ4n) is 3.47. The number of rotatable bonds is 3. The monoisotopic (exact) mass is 255 g/mol. The predicted octanol–water partition coefficient (Wildman–Crippen LogP) is 1.42. The smallest absolute Gasteiger partial charge is 0.309 e. The van der Waals surface area contributed by atoms with E-state index in [-0.39, 0.29) is 11.9 Å². The number of fused-ring (bicyclic) bond motifs is 1. The van der Waals surface area contributed by atoms with Crippen LogP contribution in [0, 0.1) is 11.8 Å². The molecule has 4 nitrogen and oxygen atoms in total. The third-order valence-corrected chi connectivity index (χ3v) is 4.65. The maximum atomic E-state index is 11.4. The lowest BCUT2D eigenvalue weighted by atomic mass is 9.71. The molecule has 104 valence electrons. The van der Waals surface area contributed by atoms with Crippen LogP contribution >= 0.6 is 0 Å². The van der Waals surface area contributed by atoms with Crippen molar-refractivity contribution in [1.82, 2.24) is 4.90 Å². The predicted molar refractivity (Wildman–Crippen MR) is 69.1 cm³/mol. The Morgan fingerprint density at radius 1 is 1.50 bits per heavy atom. The van der Waals surface area contributed by atoms with Crippen LogP contribution in [0.15, 0.2) is 0 Å². The van der Waals surface area contributed by atoms with Crippen molar-refractivity contribution in [3.05, 3.63) is 0 Å². The maximum Gasteiger partial charge on any atom is 0.309 e. The van der Waals surface area contributed by atoms with Crippen molar-refractivity contribution in [2.45, 2.75) is 44.6 Å². The molecule has 3 atom stereocenters. The number of methoxy groups -OCH3 is 1. The molecule has 0 amide bonds. The van der Waals surface area contributed by atoms with E-state index in [0.717, 1.165) is 45.3 Å². The molecular weight excluding hydrogens is 230 g/mol. The zero-order valence-electron chi connectivity index (χ0n) is 11.5. The van der Waals surface area contributed by atoms with Gasteiger partial charge >= 0.3 is 5.97 Å². The van der Waals surface area contributed by atoms with Gasteiger partial charge in [0, 0.05) is 25.6 Å². The molecule has 2 fully saturated rings. The highest BCUT2D eigenvalue weighted by Gasteiger charge is 2.42. The molecule has 2 rings (SSSR count). The molecule has 0 aromatic carbocycles. The molecule has 1 saturated heterocycles. The summed E-state index contributed by atoms with van der Waals surface area (Å²) >= 11 is 0. The minimum Gasteiger partial charge on any atom is -0.469 e. The summed E-state index contributed by atoms with van der Waals surface area (Å²) in [4.78, 5) is 13.7. The summed E-state index contributed by atoms with van der Waals surface area (Å²) in [6.45, 7) is 4.49. The van der Waals surface area contributed by atoms with Gasteiger partial charge < -0.3 is 14.7 Å². The van der Waals surface area contributed by atoms with Gasteiger partial charge in [-0.1, -0.05) is 19.8 Å². The molecule has 0 aromatic heterocycles. The Hall–Kier alpha value is -0.610. The topological polar surface area (TPSA) is 49.8 Å². The highest BCUT2D eigenvalue weighted by molar-refractivity contribution is 5.72. The van der Waals surface area contributed by atoms with Crippen LogP contribution in [0.1, 0.15) is 39.0 Å². The number of hydrogen-bond donors (Lipinski definition) is 1. The molecule has 0 aromatic rings. The molecule has 0 bridgehead atoms. The summed E-state index contributed by atoms with van der Waals surface area (Å²) in [5.74, 6) is 0.175. The molecule has 18 heavy (non-hydrogen) atoms. The van der Waals surface area contributed by atoms with Crippen molar-refractivity contribution in [2.75, 3.05) is 26.7 Å². The lowest BCUT2D eigenvalue weighted by Gasteiger charge is -2.47. The summed E-state index contributed by atoms with van der Waals surface area (Å²) in [7, 11) is 1.44. The van der Waals surface area contributed by atoms with Crippen LogP contribution in [0.4, 0.5) is 0 Å². The number of aliphatic hydroxyl groups is 1. The van der Waals surface area contributed by atoms with E-state index < -0.39 is 5.60 Å². The first-order valence-corrected chi connectivity index (χ1v) is 7.08. The first kappa shape index (κ1) is 13.8. The number of nitrogens with zero attached hydrogens (tertiary/aromatic N) is 1. The number of hydrogen-bond acceptors (Lipinski definition) is 4. The second-order valence-corrected chi connectivity index (χ2v) is 5.98. The second-order valence-electron chi connectivity index (χ2n) is 5.98. The van der Waals surface area contributed by atoms with E-state index in [1.54, 1.807) is 0 Å². The molecule has 1 aliphatic heterocycles. The Morgan fingerprint density at radius 2 is 2.28 bits per heavy atom. The molecule has 0 spiro atoms. The zero-order chi connectivity index (χ0) is 13.2. The van der Waals surface area contributed by atoms with Crippen molar-refractivity contribution in [3.63, 3.8) is 0 Å². The molecule has 1 heterocycles. The minimum absolute atomic E-state index is 0.0789. The normalized spacial score (nSPS) is 34.7. The Labute approximate surface area is 109 Å². The number of esters is 1. The van der Waals surface area contributed by atoms with E-state index in [0.29, 0.717) is 5.92 Å². The lowest BCUT2D eigenvalue weighted by molar-refractivity contribution is -0.146. The SMILES string of the molecule is COC(=O)C(C)CN1CCC2(O)CCCCC2C1. The van der Waals surface area contributed by atoms with Gasteiger partial charge in [-0.2, -0.15) is 0 Å². The summed E-state index contributed by atoms with van der Waals surface area (Å²) in [5.41, 5.74) is -0.427. The second kappa shape index (κ2) is 5.57. The van der Waals surface area contributed by atoms with E-state index in [4.69, 9.17) is 4.74 Å². The molecule has 4 heteroatoms. The third kappa shape index (κ3) is 2.86. The van der Waals surface area contributed by atoms with Gasteiger partial charge in [-0.15, -0.1) is 0 Å². The summed E-state index contributed by atoms with van der Waals surface area (Å²) in [6, 6.07) is 0. The van der Waals surface area contributed by atoms with E-state index >= 15 is 0 Å². The standard InChI is InChI=1S/C14H25NO3/c1-11(13(16)18-2)9-15-8-7-14(17)6-4-3-5-12(14)10-15/h11-12,17H,3-10H2,1-2H3. The lowest BCUT2D eigenvalue weighted by Crippen LogP contribution is -2.54. The van der Waals surface area contributed by atoms with E-state index in [1.807, 2.05) is 6.92 Å². The maximum absolute atomic E-state index is 11.4. The van der Waals surface area contributed by atoms with Gasteiger partial charge in [0.2, 0.25) is 0 Å². The van der Waals surface area contributed by atoms with E-state index in [1.165, 1.54) is 13.5 Å². The number of ether oxygens (including phenoxy) is 1. The molecule has 1 N–H and O–H groups in total. The Morgan fingerprint density at radius 3 is 3.00 bits per heavy atom. The van der Waals surface area contributed by atoms with Crippen molar-refractivity contribution < 1.29 is 14.6 Å². The molecule has 1 aliphatic carbocycles. The van der Waals surface area contributed by atoms with Crippen LogP contribution in [0.5, 0.6) is 0 Å². The largest absolute Gasteiger partial charge is 0.469 e. The van der Waals surface area contributed by atoms with Crippen LogP contribution in [0.3, 0.4) is 0 Å². The van der Waals surface area contributed by atoms with Crippen LogP contribution in [0.25, 0.3) is 0 Å². The molecular formula is C14H25NO3. The summed E-state index contributed by atoms with van der Waals surface area (Å²) < 4.78 is 4.77. The van der Waals surface area contributed by atoms with Crippen molar-refractivity contribution in [1.29, 1.82) is 0 Å². The number of likely N-dealkylation sites (tertiary alicyclic amines) is 1. The highest BCUT2D eigenvalue weighted by atomic mass is 16.5. The average molecular weight is 255 g/mol. The third-order valence-electron chi connectivity index (χ3n) is 4.65. The van der Waals surface area contributed by atoms with Gasteiger partial charge in [0.25, 0.3) is 0 Å². The van der Waals surface area contributed by atoms with Crippen molar-refractivity contribution >= 4 is 5.97 Å². The van der Waals surface area contributed by atoms with Gasteiger partial charge in [0.1, 0.15) is 0 Å². The van der Waals surface area contributed by atoms with Crippen molar-refractivity contribution in [3.8, 4) is 0 Å². The first-order valence-electron chi connectivity index (χ1n) is 7.08. The zero-order valence-corrected chi connectivity index (χ0v) is 11.5. The summed E-state index contributed by atoms with van der Waals surface area (Å²) in [5, 5.41) is 10.6. The number of carbonyl (C=O) groups is 1. The van der Waals surface area contributed by atoms with Crippen molar-refractivity contribution in [2.24, 2.45) is 11.8 Å². The molecule has 1 saturated carbocycles. The molecule has 0 radical (unpaired) electrons. The van der Waals surface area contributed by atoms with E-state index in [9.17, 15) is 9.90 Å². The van der Waals surface area contributed by atoms with Gasteiger partial charge in [0.05, 0.1) is 18.6 Å². The quantitative estimate of drug-likeness (QED) is 0.775. The van der Waals surface area contributed by atoms with Gasteiger partial charge in [0.15, 0.2) is 0 Å². The van der Waals surface area contributed by atoms with Crippen LogP contribution < -0.4 is 0 Å². The Kier molecular flexibility index (Phi) is 4.28. The minimum atomic E-state index is -0.427. The van der Waals surface area contributed by atoms with Gasteiger partial charge in [-0.05, 0) is 19.3 Å². The van der Waals surface area contributed by atoms with Crippen LogP contribution in [-0.2, 0) is 9.53 Å². The number of carbonyl (C=O) groups excluding carboxylic acids is 1. The molecule has 2 aliphatic rings. The fraction of sp³-hybridized carbons (Fsp3) is 0.929. The van der Waals surface area contributed by atoms with Crippen LogP contribution in [-0.4, -0.2) is 48.3 Å². The highest BCUT2D eigenvalue weighted by Crippen LogP contribution is 2.39. The fourth-order valence-corrected chi connectivity index (χ4v) is 3.47. The van der Waals surface area contributed by atoms with E-state index in [2.05, 4.69) is 4.90 Å². The van der Waals surface area contributed by atoms with Gasteiger partial charge in [-0.3, -0.25) is 4.79 Å². The van der Waals surface area contributed by atoms with Gasteiger partial charge in [-0.25, -0.2) is 0 Å². The average Bonchev–Trinajstić information content (AvgIpc) is 2.38.